The summed E-state index contributed by atoms with van der Waals surface area (Å²) in [6, 6.07) is 45.9. The van der Waals surface area contributed by atoms with Crippen molar-refractivity contribution in [3.8, 4) is 55.9 Å². The molecule has 0 N–H and O–H groups in total. The maximum atomic E-state index is 5.04. The Morgan fingerprint density at radius 1 is 0.543 bits per heavy atom. The van der Waals surface area contributed by atoms with Gasteiger partial charge < -0.3 is 0 Å². The van der Waals surface area contributed by atoms with Crippen molar-refractivity contribution < 1.29 is 0 Å². The third kappa shape index (κ3) is 4.15. The van der Waals surface area contributed by atoms with Gasteiger partial charge in [-0.1, -0.05) is 0 Å². The minimum absolute atomic E-state index is 0.209. The fourth-order valence-corrected chi connectivity index (χ4v) is 9.65. The van der Waals surface area contributed by atoms with Crippen molar-refractivity contribution in [2.75, 3.05) is 0 Å². The van der Waals surface area contributed by atoms with Crippen LogP contribution in [0.25, 0.3) is 75.2 Å². The van der Waals surface area contributed by atoms with Gasteiger partial charge in [0.15, 0.2) is 0 Å². The number of benzene rings is 6. The predicted octanol–water partition coefficient (Wildman–Crippen LogP) is 10.1. The van der Waals surface area contributed by atoms with Crippen molar-refractivity contribution in [2.45, 2.75) is 20.3 Å². The van der Waals surface area contributed by atoms with E-state index >= 15 is 0 Å². The molecule has 0 atom stereocenters. The van der Waals surface area contributed by atoms with Gasteiger partial charge in [0, 0.05) is 0 Å². The number of hydrogen-bond donors (Lipinski definition) is 0. The molecule has 2 aromatic heterocycles. The number of rotatable bonds is 4. The summed E-state index contributed by atoms with van der Waals surface area (Å²) in [7, 11) is 0. The summed E-state index contributed by atoms with van der Waals surface area (Å²) in [5.74, 6) is 0. The maximum absolute atomic E-state index is 5.04. The number of nitrogens with zero attached hydrogens (tertiary/aromatic N) is 3. The summed E-state index contributed by atoms with van der Waals surface area (Å²) in [5, 5.41) is 17.0. The molecule has 4 heteroatoms. The van der Waals surface area contributed by atoms with E-state index in [1.165, 1.54) is 63.8 Å². The van der Waals surface area contributed by atoms with Crippen LogP contribution in [-0.4, -0.2) is 29.9 Å². The summed E-state index contributed by atoms with van der Waals surface area (Å²) in [6.07, 6.45) is 0.877. The van der Waals surface area contributed by atoms with Gasteiger partial charge in [-0.25, -0.2) is 0 Å². The average Bonchev–Trinajstić information content (AvgIpc) is 3.67. The van der Waals surface area contributed by atoms with E-state index in [4.69, 9.17) is 10.2 Å². The van der Waals surface area contributed by atoms with E-state index in [1.807, 2.05) is 0 Å². The molecule has 0 radical (unpaired) electrons. The van der Waals surface area contributed by atoms with E-state index in [9.17, 15) is 0 Å². The first-order valence-corrected chi connectivity index (χ1v) is 17.4. The summed E-state index contributed by atoms with van der Waals surface area (Å²) in [6.45, 7) is 4.50. The summed E-state index contributed by atoms with van der Waals surface area (Å²) in [5.41, 5.74) is 16.4. The Morgan fingerprint density at radius 2 is 1.24 bits per heavy atom. The minimum atomic E-state index is 0.209. The second-order valence-corrected chi connectivity index (χ2v) is 14.4. The fraction of sp³-hybridized carbons (Fsp3) is 0.0714. The molecule has 0 saturated carbocycles. The van der Waals surface area contributed by atoms with Crippen LogP contribution < -0.4 is 0 Å². The molecule has 218 valence electrons. The van der Waals surface area contributed by atoms with Gasteiger partial charge in [0.2, 0.25) is 0 Å². The average molecular weight is 655 g/mol. The molecular formula is C42H29N3Se. The van der Waals surface area contributed by atoms with Crippen molar-refractivity contribution in [3.05, 3.63) is 150 Å². The van der Waals surface area contributed by atoms with E-state index in [-0.39, 0.29) is 14.5 Å². The molecular weight excluding hydrogens is 625 g/mol. The molecule has 2 heterocycles. The van der Waals surface area contributed by atoms with Crippen LogP contribution >= 0.6 is 0 Å². The van der Waals surface area contributed by atoms with Gasteiger partial charge in [0.05, 0.1) is 0 Å². The van der Waals surface area contributed by atoms with Crippen LogP contribution in [0, 0.1) is 13.8 Å². The Bertz CT molecular complexity index is 2460. The third-order valence-electron chi connectivity index (χ3n) is 9.55. The topological polar surface area (TPSA) is 38.7 Å². The van der Waals surface area contributed by atoms with Crippen molar-refractivity contribution in [1.82, 2.24) is 15.4 Å². The van der Waals surface area contributed by atoms with Crippen LogP contribution in [0.2, 0.25) is 0 Å². The number of aromatic nitrogens is 3. The molecule has 9 rings (SSSR count). The summed E-state index contributed by atoms with van der Waals surface area (Å²) >= 11 is 0.209. The van der Waals surface area contributed by atoms with E-state index in [2.05, 4.69) is 146 Å². The Hall–Kier alpha value is -5.15. The molecule has 0 spiro atoms. The van der Waals surface area contributed by atoms with Crippen LogP contribution in [0.5, 0.6) is 0 Å². The fourth-order valence-electron chi connectivity index (χ4n) is 7.31. The van der Waals surface area contributed by atoms with Crippen LogP contribution in [0.3, 0.4) is 0 Å². The first-order chi connectivity index (χ1) is 22.7. The van der Waals surface area contributed by atoms with Gasteiger partial charge in [0.1, 0.15) is 0 Å². The van der Waals surface area contributed by atoms with Crippen molar-refractivity contribution in [3.63, 3.8) is 0 Å². The molecule has 46 heavy (non-hydrogen) atoms. The first kappa shape index (κ1) is 27.2. The number of hydrogen-bond acceptors (Lipinski definition) is 3. The van der Waals surface area contributed by atoms with Crippen LogP contribution in [-0.2, 0) is 6.42 Å². The van der Waals surface area contributed by atoms with Crippen molar-refractivity contribution in [2.24, 2.45) is 0 Å². The Balaban J connectivity index is 1.47. The standard InChI is InChI=1S/C42H29N3Se/c1-25-23-33-30-18-10-9-17-29(30)24-34(33)37(26(25)2)40-41(28-15-7-4-8-16-28)43-45-44-42(40)39-31(27-13-5-3-6-14-27)21-22-36-38(39)32-19-11-12-20-35(32)46-36/h3-23H,24H2,1-2H3. The van der Waals surface area contributed by atoms with Crippen LogP contribution in [0.15, 0.2) is 127 Å². The van der Waals surface area contributed by atoms with Gasteiger partial charge in [-0.15, -0.1) is 0 Å². The molecule has 1 aliphatic rings. The molecule has 0 unspecified atom stereocenters. The van der Waals surface area contributed by atoms with E-state index < -0.39 is 0 Å². The van der Waals surface area contributed by atoms with E-state index in [1.54, 1.807) is 0 Å². The molecule has 0 bridgehead atoms. The molecule has 6 aromatic carbocycles. The zero-order chi connectivity index (χ0) is 30.8. The van der Waals surface area contributed by atoms with Gasteiger partial charge in [0.25, 0.3) is 0 Å². The third-order valence-corrected chi connectivity index (χ3v) is 11.9. The second-order valence-electron chi connectivity index (χ2n) is 12.1. The zero-order valence-corrected chi connectivity index (χ0v) is 27.3. The molecule has 0 saturated heterocycles. The Morgan fingerprint density at radius 3 is 2.07 bits per heavy atom. The zero-order valence-electron chi connectivity index (χ0n) is 25.6. The number of fused-ring (bicyclic) bond motifs is 6. The van der Waals surface area contributed by atoms with Gasteiger partial charge in [-0.05, 0) is 0 Å². The normalized spacial score (nSPS) is 12.0. The summed E-state index contributed by atoms with van der Waals surface area (Å²) in [4.78, 5) is 0. The van der Waals surface area contributed by atoms with Crippen molar-refractivity contribution in [1.29, 1.82) is 0 Å². The molecule has 0 aliphatic heterocycles. The second kappa shape index (κ2) is 10.7. The Kier molecular flexibility index (Phi) is 6.34. The van der Waals surface area contributed by atoms with E-state index in [0.29, 0.717) is 0 Å². The van der Waals surface area contributed by atoms with Gasteiger partial charge >= 0.3 is 275 Å². The Labute approximate surface area is 274 Å². The quantitative estimate of drug-likeness (QED) is 0.177. The molecule has 0 fully saturated rings. The molecule has 0 amide bonds. The van der Waals surface area contributed by atoms with E-state index in [0.717, 1.165) is 40.1 Å². The van der Waals surface area contributed by atoms with Crippen LogP contribution in [0.1, 0.15) is 22.3 Å². The predicted molar refractivity (Wildman–Crippen MR) is 191 cm³/mol. The van der Waals surface area contributed by atoms with Gasteiger partial charge in [-0.2, -0.15) is 0 Å². The van der Waals surface area contributed by atoms with Crippen molar-refractivity contribution >= 4 is 33.8 Å². The SMILES string of the molecule is Cc1cc2c(c(-c3c(-c4ccccc4)nnnc3-c3c(-c4ccccc4)ccc4[se]c5ccccc5c34)c1C)Cc1ccccc1-2. The summed E-state index contributed by atoms with van der Waals surface area (Å²) < 4.78 is 2.79. The molecule has 1 aliphatic carbocycles. The van der Waals surface area contributed by atoms with Gasteiger partial charge in [-0.3, -0.25) is 0 Å². The first-order valence-electron chi connectivity index (χ1n) is 15.7. The van der Waals surface area contributed by atoms with Crippen LogP contribution in [0.4, 0.5) is 0 Å². The molecule has 3 nitrogen and oxygen atoms in total. The molecule has 8 aromatic rings. The monoisotopic (exact) mass is 655 g/mol. The number of aryl methyl sites for hydroxylation is 1.